The molecule has 0 unspecified atom stereocenters. The number of methoxy groups -OCH3 is 1. The minimum absolute atomic E-state index is 0.0614. The van der Waals surface area contributed by atoms with Crippen molar-refractivity contribution in [2.24, 2.45) is 0 Å². The van der Waals surface area contributed by atoms with Crippen LogP contribution in [0.1, 0.15) is 22.4 Å². The zero-order chi connectivity index (χ0) is 25.9. The van der Waals surface area contributed by atoms with Crippen LogP contribution in [-0.2, 0) is 28.9 Å². The third-order valence-electron chi connectivity index (χ3n) is 6.54. The van der Waals surface area contributed by atoms with Crippen LogP contribution < -0.4 is 15.0 Å². The fourth-order valence-corrected chi connectivity index (χ4v) is 4.74. The third kappa shape index (κ3) is 5.37. The first-order valence-corrected chi connectivity index (χ1v) is 12.4. The van der Waals surface area contributed by atoms with Crippen LogP contribution in [0.15, 0.2) is 66.7 Å². The van der Waals surface area contributed by atoms with Gasteiger partial charge < -0.3 is 19.9 Å². The number of carbonyl (C=O) groups excluding carboxylic acids is 2. The van der Waals surface area contributed by atoms with Gasteiger partial charge >= 0.3 is 0 Å². The van der Waals surface area contributed by atoms with Crippen LogP contribution in [0.3, 0.4) is 0 Å². The van der Waals surface area contributed by atoms with E-state index in [0.29, 0.717) is 34.9 Å². The van der Waals surface area contributed by atoms with Crippen LogP contribution in [0.5, 0.6) is 5.88 Å². The topological polar surface area (TPSA) is 87.3 Å². The van der Waals surface area contributed by atoms with Crippen molar-refractivity contribution in [2.45, 2.75) is 25.3 Å². The predicted molar refractivity (Wildman–Crippen MR) is 146 cm³/mol. The molecular weight excluding hydrogens is 488 g/mol. The Morgan fingerprint density at radius 3 is 2.68 bits per heavy atom. The summed E-state index contributed by atoms with van der Waals surface area (Å²) in [5, 5.41) is 3.58. The second kappa shape index (κ2) is 10.5. The first kappa shape index (κ1) is 24.6. The minimum atomic E-state index is -0.756. The van der Waals surface area contributed by atoms with Crippen LogP contribution >= 0.6 is 11.6 Å². The number of carbonyl (C=O) groups is 2. The van der Waals surface area contributed by atoms with Crippen LogP contribution in [0.2, 0.25) is 5.02 Å². The van der Waals surface area contributed by atoms with Gasteiger partial charge in [-0.15, -0.1) is 0 Å². The number of ether oxygens (including phenoxy) is 1. The number of allylic oxidation sites excluding steroid dienone is 1. The average molecular weight is 515 g/mol. The number of nitrogens with one attached hydrogen (secondary N) is 2. The van der Waals surface area contributed by atoms with Gasteiger partial charge in [0.05, 0.1) is 24.6 Å². The SMILES string of the molecule is COc1ccc2[nH]c3c(c2n1)CC(=O)N[C@H](C(=O)N(C)c1ccc(Cl)cc1)Cc1cccc(c1)CC=C3. The molecule has 2 aromatic heterocycles. The molecule has 2 N–H and O–H groups in total. The van der Waals surface area contributed by atoms with Gasteiger partial charge in [-0.05, 0) is 54.0 Å². The van der Waals surface area contributed by atoms with E-state index in [-0.39, 0.29) is 18.2 Å². The zero-order valence-electron chi connectivity index (χ0n) is 20.6. The van der Waals surface area contributed by atoms with Crippen molar-refractivity contribution >= 4 is 46.2 Å². The summed E-state index contributed by atoms with van der Waals surface area (Å²) in [6.45, 7) is 0. The molecule has 3 heterocycles. The maximum Gasteiger partial charge on any atom is 0.249 e. The highest BCUT2D eigenvalue weighted by molar-refractivity contribution is 6.30. The number of H-pyrrole nitrogens is 1. The summed E-state index contributed by atoms with van der Waals surface area (Å²) >= 11 is 6.03. The lowest BCUT2D eigenvalue weighted by Crippen LogP contribution is -2.49. The fourth-order valence-electron chi connectivity index (χ4n) is 4.62. The number of pyridine rings is 1. The van der Waals surface area contributed by atoms with Gasteiger partial charge in [0, 0.05) is 41.5 Å². The Balaban J connectivity index is 1.53. The number of rotatable bonds is 3. The molecule has 1 atom stereocenters. The van der Waals surface area contributed by atoms with Crippen molar-refractivity contribution in [3.8, 4) is 5.88 Å². The number of hydrogen-bond donors (Lipinski definition) is 2. The van der Waals surface area contributed by atoms with E-state index in [1.807, 2.05) is 24.3 Å². The molecule has 188 valence electrons. The van der Waals surface area contributed by atoms with Gasteiger partial charge in [-0.1, -0.05) is 41.9 Å². The summed E-state index contributed by atoms with van der Waals surface area (Å²) in [7, 11) is 3.26. The number of aromatic amines is 1. The standard InChI is InChI=1S/C29H27ClN4O3/c1-34(21-11-9-20(30)10-12-21)29(36)25-16-19-7-3-5-18(15-19)6-4-8-23-22(17-26(35)32-25)28-24(31-23)13-14-27(33-28)37-2/h3-5,7-15,25,31H,6,16-17H2,1-2H3,(H,32,35)/t25-/m0/s1. The monoisotopic (exact) mass is 514 g/mol. The molecule has 0 fully saturated rings. The molecule has 7 nitrogen and oxygen atoms in total. The molecule has 37 heavy (non-hydrogen) atoms. The molecule has 1 aliphatic rings. The van der Waals surface area contributed by atoms with Crippen LogP contribution in [0, 0.1) is 0 Å². The predicted octanol–water partition coefficient (Wildman–Crippen LogP) is 4.73. The van der Waals surface area contributed by atoms with Gasteiger partial charge in [0.25, 0.3) is 0 Å². The van der Waals surface area contributed by atoms with Gasteiger partial charge in [-0.2, -0.15) is 0 Å². The van der Waals surface area contributed by atoms with Crippen molar-refractivity contribution in [1.29, 1.82) is 0 Å². The van der Waals surface area contributed by atoms with Gasteiger partial charge in [0.2, 0.25) is 17.7 Å². The average Bonchev–Trinajstić information content (AvgIpc) is 3.23. The number of nitrogens with zero attached hydrogens (tertiary/aromatic N) is 2. The molecule has 2 bridgehead atoms. The van der Waals surface area contributed by atoms with E-state index in [4.69, 9.17) is 16.3 Å². The lowest BCUT2D eigenvalue weighted by molar-refractivity contribution is -0.127. The molecule has 4 aromatic rings. The number of amides is 2. The Bertz CT molecular complexity index is 1490. The van der Waals surface area contributed by atoms with Crippen LogP contribution in [-0.4, -0.2) is 42.0 Å². The summed E-state index contributed by atoms with van der Waals surface area (Å²) < 4.78 is 5.31. The number of fused-ring (bicyclic) bond motifs is 5. The molecule has 1 aliphatic heterocycles. The zero-order valence-corrected chi connectivity index (χ0v) is 21.4. The molecule has 2 aromatic carbocycles. The van der Waals surface area contributed by atoms with E-state index < -0.39 is 6.04 Å². The van der Waals surface area contributed by atoms with Gasteiger partial charge in [-0.25, -0.2) is 4.98 Å². The molecule has 0 aliphatic carbocycles. The maximum absolute atomic E-state index is 13.6. The van der Waals surface area contributed by atoms with Crippen LogP contribution in [0.4, 0.5) is 5.69 Å². The summed E-state index contributed by atoms with van der Waals surface area (Å²) in [6.07, 6.45) is 5.19. The molecule has 0 saturated carbocycles. The normalized spacial score (nSPS) is 15.6. The largest absolute Gasteiger partial charge is 0.481 e. The summed E-state index contributed by atoms with van der Waals surface area (Å²) in [6, 6.07) is 18.0. The second-order valence-electron chi connectivity index (χ2n) is 9.07. The lowest BCUT2D eigenvalue weighted by atomic mass is 10.0. The maximum atomic E-state index is 13.6. The van der Waals surface area contributed by atoms with E-state index in [2.05, 4.69) is 33.5 Å². The number of benzene rings is 2. The summed E-state index contributed by atoms with van der Waals surface area (Å²) in [4.78, 5) is 36.5. The third-order valence-corrected chi connectivity index (χ3v) is 6.80. The highest BCUT2D eigenvalue weighted by Crippen LogP contribution is 2.26. The molecule has 0 spiro atoms. The van der Waals surface area contributed by atoms with Gasteiger partial charge in [0.1, 0.15) is 6.04 Å². The Hall–Kier alpha value is -4.10. The Morgan fingerprint density at radius 1 is 1.11 bits per heavy atom. The highest BCUT2D eigenvalue weighted by atomic mass is 35.5. The second-order valence-corrected chi connectivity index (χ2v) is 9.50. The fraction of sp³-hybridized carbons (Fsp3) is 0.207. The van der Waals surface area contributed by atoms with Crippen LogP contribution in [0.25, 0.3) is 17.1 Å². The highest BCUT2D eigenvalue weighted by Gasteiger charge is 2.27. The molecular formula is C29H27ClN4O3. The number of anilines is 1. The van der Waals surface area contributed by atoms with E-state index in [1.54, 1.807) is 49.4 Å². The quantitative estimate of drug-likeness (QED) is 0.414. The van der Waals surface area contributed by atoms with Crippen molar-refractivity contribution in [2.75, 3.05) is 19.1 Å². The van der Waals surface area contributed by atoms with Crippen molar-refractivity contribution < 1.29 is 14.3 Å². The van der Waals surface area contributed by atoms with Gasteiger partial charge in [0.15, 0.2) is 0 Å². The Morgan fingerprint density at radius 2 is 1.89 bits per heavy atom. The first-order chi connectivity index (χ1) is 17.9. The Labute approximate surface area is 220 Å². The number of hydrogen-bond acceptors (Lipinski definition) is 4. The molecule has 0 saturated heterocycles. The van der Waals surface area contributed by atoms with E-state index in [0.717, 1.165) is 27.9 Å². The molecule has 8 heteroatoms. The Kier molecular flexibility index (Phi) is 6.97. The molecule has 0 radical (unpaired) electrons. The van der Waals surface area contributed by atoms with Crippen molar-refractivity contribution in [3.05, 3.63) is 94.1 Å². The summed E-state index contributed by atoms with van der Waals surface area (Å²) in [5.74, 6) is -0.0123. The smallest absolute Gasteiger partial charge is 0.249 e. The van der Waals surface area contributed by atoms with E-state index >= 15 is 0 Å². The summed E-state index contributed by atoms with van der Waals surface area (Å²) in [5.41, 5.74) is 5.84. The number of aromatic nitrogens is 2. The first-order valence-electron chi connectivity index (χ1n) is 12.0. The van der Waals surface area contributed by atoms with Crippen molar-refractivity contribution in [3.63, 3.8) is 0 Å². The number of halogens is 1. The lowest BCUT2D eigenvalue weighted by Gasteiger charge is -2.25. The van der Waals surface area contributed by atoms with Gasteiger partial charge in [-0.3, -0.25) is 9.59 Å². The molecule has 5 rings (SSSR count). The van der Waals surface area contributed by atoms with E-state index in [1.165, 1.54) is 0 Å². The molecule has 2 amide bonds. The number of likely N-dealkylation sites (N-methyl/N-ethyl adjacent to an activating group) is 1. The van der Waals surface area contributed by atoms with E-state index in [9.17, 15) is 9.59 Å². The minimum Gasteiger partial charge on any atom is -0.481 e. The van der Waals surface area contributed by atoms with Crippen molar-refractivity contribution in [1.82, 2.24) is 15.3 Å².